The van der Waals surface area contributed by atoms with Crippen molar-refractivity contribution in [3.63, 3.8) is 0 Å². The number of amidine groups is 1. The summed E-state index contributed by atoms with van der Waals surface area (Å²) in [5.41, 5.74) is 5.86. The van der Waals surface area contributed by atoms with Gasteiger partial charge in [-0.2, -0.15) is 0 Å². The summed E-state index contributed by atoms with van der Waals surface area (Å²) in [6.45, 7) is 2.42. The van der Waals surface area contributed by atoms with Crippen LogP contribution in [-0.2, 0) is 5.54 Å². The lowest BCUT2D eigenvalue weighted by Gasteiger charge is -2.29. The second-order valence-electron chi connectivity index (χ2n) is 4.12. The van der Waals surface area contributed by atoms with E-state index in [0.29, 0.717) is 13.0 Å². The lowest BCUT2D eigenvalue weighted by Crippen LogP contribution is -2.44. The summed E-state index contributed by atoms with van der Waals surface area (Å²) in [5, 5.41) is 24.0. The smallest absolute Gasteiger partial charge is 0.140 e. The van der Waals surface area contributed by atoms with Crippen LogP contribution in [0, 0.1) is 0 Å². The molecule has 0 amide bonds. The monoisotopic (exact) mass is 237 g/mol. The maximum absolute atomic E-state index is 9.49. The highest BCUT2D eigenvalue weighted by Gasteiger charge is 2.24. The predicted molar refractivity (Wildman–Crippen MR) is 66.9 cm³/mol. The molecule has 1 atom stereocenters. The Balaban J connectivity index is 2.64. The third-order valence-electron chi connectivity index (χ3n) is 2.75. The normalized spacial score (nSPS) is 15.5. The summed E-state index contributed by atoms with van der Waals surface area (Å²) in [5.74, 6) is 0.172. The number of hydrogen-bond donors (Lipinski definition) is 4. The van der Waals surface area contributed by atoms with E-state index in [4.69, 9.17) is 10.9 Å². The second-order valence-corrected chi connectivity index (χ2v) is 4.12. The van der Waals surface area contributed by atoms with Gasteiger partial charge in [-0.15, -0.1) is 0 Å². The SMILES string of the molecule is CC(CO)(NCC/C(N)=N/O)c1ccccc1. The third-order valence-corrected chi connectivity index (χ3v) is 2.75. The minimum atomic E-state index is -0.517. The fraction of sp³-hybridized carbons (Fsp3) is 0.417. The summed E-state index contributed by atoms with van der Waals surface area (Å²) in [7, 11) is 0. The van der Waals surface area contributed by atoms with Crippen molar-refractivity contribution in [2.45, 2.75) is 18.9 Å². The van der Waals surface area contributed by atoms with Crippen molar-refractivity contribution >= 4 is 5.84 Å². The minimum Gasteiger partial charge on any atom is -0.409 e. The van der Waals surface area contributed by atoms with Crippen LogP contribution in [0.5, 0.6) is 0 Å². The largest absolute Gasteiger partial charge is 0.409 e. The number of benzene rings is 1. The molecule has 0 spiro atoms. The molecule has 0 heterocycles. The Morgan fingerprint density at radius 1 is 1.41 bits per heavy atom. The van der Waals surface area contributed by atoms with Gasteiger partial charge in [-0.05, 0) is 12.5 Å². The number of aliphatic hydroxyl groups is 1. The number of rotatable bonds is 6. The zero-order valence-corrected chi connectivity index (χ0v) is 9.93. The molecule has 0 aliphatic heterocycles. The molecule has 5 heteroatoms. The first kappa shape index (κ1) is 13.5. The molecule has 1 unspecified atom stereocenters. The molecule has 0 saturated heterocycles. The summed E-state index contributed by atoms with van der Waals surface area (Å²) < 4.78 is 0. The van der Waals surface area contributed by atoms with Crippen LogP contribution in [0.4, 0.5) is 0 Å². The van der Waals surface area contributed by atoms with Crippen molar-refractivity contribution < 1.29 is 10.3 Å². The Morgan fingerprint density at radius 2 is 2.06 bits per heavy atom. The van der Waals surface area contributed by atoms with Crippen molar-refractivity contribution in [3.05, 3.63) is 35.9 Å². The molecule has 5 N–H and O–H groups in total. The molecule has 94 valence electrons. The van der Waals surface area contributed by atoms with Gasteiger partial charge in [0.25, 0.3) is 0 Å². The maximum atomic E-state index is 9.49. The highest BCUT2D eigenvalue weighted by atomic mass is 16.4. The van der Waals surface area contributed by atoms with Gasteiger partial charge in [0.2, 0.25) is 0 Å². The van der Waals surface area contributed by atoms with Crippen molar-refractivity contribution in [2.24, 2.45) is 10.9 Å². The van der Waals surface area contributed by atoms with Crippen LogP contribution < -0.4 is 11.1 Å². The van der Waals surface area contributed by atoms with Crippen molar-refractivity contribution in [2.75, 3.05) is 13.2 Å². The average Bonchev–Trinajstić information content (AvgIpc) is 2.39. The van der Waals surface area contributed by atoms with E-state index < -0.39 is 5.54 Å². The molecule has 0 aromatic heterocycles. The number of oxime groups is 1. The number of nitrogens with zero attached hydrogens (tertiary/aromatic N) is 1. The third kappa shape index (κ3) is 3.72. The first-order chi connectivity index (χ1) is 8.12. The van der Waals surface area contributed by atoms with Gasteiger partial charge < -0.3 is 21.4 Å². The van der Waals surface area contributed by atoms with Gasteiger partial charge >= 0.3 is 0 Å². The summed E-state index contributed by atoms with van der Waals surface area (Å²) in [4.78, 5) is 0. The van der Waals surface area contributed by atoms with Crippen LogP contribution in [-0.4, -0.2) is 29.3 Å². The fourth-order valence-corrected chi connectivity index (χ4v) is 1.57. The van der Waals surface area contributed by atoms with Gasteiger partial charge in [0.05, 0.1) is 12.1 Å². The summed E-state index contributed by atoms with van der Waals surface area (Å²) in [6.07, 6.45) is 0.429. The maximum Gasteiger partial charge on any atom is 0.140 e. The first-order valence-corrected chi connectivity index (χ1v) is 5.50. The fourth-order valence-electron chi connectivity index (χ4n) is 1.57. The number of nitrogens with one attached hydrogen (secondary N) is 1. The molecular weight excluding hydrogens is 218 g/mol. The average molecular weight is 237 g/mol. The van der Waals surface area contributed by atoms with Crippen molar-refractivity contribution in [1.82, 2.24) is 5.32 Å². The van der Waals surface area contributed by atoms with E-state index in [-0.39, 0.29) is 12.4 Å². The van der Waals surface area contributed by atoms with E-state index in [1.165, 1.54) is 0 Å². The Morgan fingerprint density at radius 3 is 2.59 bits per heavy atom. The molecule has 1 aromatic rings. The lowest BCUT2D eigenvalue weighted by atomic mass is 9.93. The van der Waals surface area contributed by atoms with Crippen LogP contribution in [0.1, 0.15) is 18.9 Å². The van der Waals surface area contributed by atoms with Crippen LogP contribution in [0.2, 0.25) is 0 Å². The topological polar surface area (TPSA) is 90.9 Å². The van der Waals surface area contributed by atoms with E-state index in [2.05, 4.69) is 10.5 Å². The van der Waals surface area contributed by atoms with Gasteiger partial charge in [-0.25, -0.2) is 0 Å². The lowest BCUT2D eigenvalue weighted by molar-refractivity contribution is 0.176. The summed E-state index contributed by atoms with van der Waals surface area (Å²) in [6, 6.07) is 9.68. The Hall–Kier alpha value is -1.59. The van der Waals surface area contributed by atoms with Crippen LogP contribution in [0.15, 0.2) is 35.5 Å². The van der Waals surface area contributed by atoms with E-state index in [1.807, 2.05) is 37.3 Å². The molecule has 17 heavy (non-hydrogen) atoms. The molecule has 0 aliphatic rings. The number of hydrogen-bond acceptors (Lipinski definition) is 4. The van der Waals surface area contributed by atoms with Crippen molar-refractivity contribution in [1.29, 1.82) is 0 Å². The van der Waals surface area contributed by atoms with E-state index in [1.54, 1.807) is 0 Å². The van der Waals surface area contributed by atoms with Gasteiger partial charge in [-0.1, -0.05) is 35.5 Å². The standard InChI is InChI=1S/C12H19N3O2/c1-12(9-16,10-5-3-2-4-6-10)14-8-7-11(13)15-17/h2-6,14,16-17H,7-9H2,1H3,(H2,13,15). The van der Waals surface area contributed by atoms with Gasteiger partial charge in [-0.3, -0.25) is 0 Å². The Bertz CT molecular complexity index is 367. The quantitative estimate of drug-likeness (QED) is 0.253. The molecule has 0 radical (unpaired) electrons. The van der Waals surface area contributed by atoms with Gasteiger partial charge in [0.1, 0.15) is 5.84 Å². The number of nitrogens with two attached hydrogens (primary N) is 1. The van der Waals surface area contributed by atoms with Gasteiger partial charge in [0.15, 0.2) is 0 Å². The van der Waals surface area contributed by atoms with Crippen LogP contribution in [0.3, 0.4) is 0 Å². The Kier molecular flexibility index (Phi) is 4.93. The van der Waals surface area contributed by atoms with E-state index >= 15 is 0 Å². The number of aliphatic hydroxyl groups excluding tert-OH is 1. The predicted octanol–water partition coefficient (Wildman–Crippen LogP) is 0.620. The van der Waals surface area contributed by atoms with Crippen molar-refractivity contribution in [3.8, 4) is 0 Å². The highest BCUT2D eigenvalue weighted by Crippen LogP contribution is 2.19. The van der Waals surface area contributed by atoms with Crippen LogP contribution >= 0.6 is 0 Å². The second kappa shape index (κ2) is 6.22. The summed E-state index contributed by atoms with van der Waals surface area (Å²) >= 11 is 0. The molecule has 0 bridgehead atoms. The van der Waals surface area contributed by atoms with Gasteiger partial charge in [0, 0.05) is 13.0 Å². The molecule has 0 fully saturated rings. The highest BCUT2D eigenvalue weighted by molar-refractivity contribution is 5.79. The molecule has 1 rings (SSSR count). The molecular formula is C12H19N3O2. The Labute approximate surface area is 101 Å². The first-order valence-electron chi connectivity index (χ1n) is 5.50. The van der Waals surface area contributed by atoms with E-state index in [9.17, 15) is 5.11 Å². The molecule has 0 saturated carbocycles. The zero-order valence-electron chi connectivity index (χ0n) is 9.93. The minimum absolute atomic E-state index is 0.0206. The molecule has 5 nitrogen and oxygen atoms in total. The molecule has 0 aliphatic carbocycles. The molecule has 1 aromatic carbocycles. The zero-order chi connectivity index (χ0) is 12.7. The van der Waals surface area contributed by atoms with Crippen LogP contribution in [0.25, 0.3) is 0 Å². The van der Waals surface area contributed by atoms with E-state index in [0.717, 1.165) is 5.56 Å².